The number of rotatable bonds is 7. The number of nitrogens with one attached hydrogen (secondary N) is 1. The monoisotopic (exact) mass is 555 g/mol. The van der Waals surface area contributed by atoms with E-state index in [0.717, 1.165) is 16.7 Å². The summed E-state index contributed by atoms with van der Waals surface area (Å²) in [5, 5.41) is 2.71. The van der Waals surface area contributed by atoms with E-state index in [1.54, 1.807) is 36.5 Å². The Morgan fingerprint density at radius 2 is 1.26 bits per heavy atom. The van der Waals surface area contributed by atoms with Gasteiger partial charge in [0.05, 0.1) is 11.6 Å². The second kappa shape index (κ2) is 11.9. The van der Waals surface area contributed by atoms with Gasteiger partial charge in [-0.3, -0.25) is 14.3 Å². The van der Waals surface area contributed by atoms with Crippen molar-refractivity contribution in [3.63, 3.8) is 0 Å². The number of amides is 1. The average Bonchev–Trinajstić information content (AvgIpc) is 3.03. The second-order valence-corrected chi connectivity index (χ2v) is 10.2. The SMILES string of the molecule is [CH2]C1CN(C(c2ccccc2)(c2ccccc2)c2ccccc2)CC(n2ccc(NC(=O)c3ccccc3)nc2=O)O1. The van der Waals surface area contributed by atoms with Crippen molar-refractivity contribution >= 4 is 11.7 Å². The lowest BCUT2D eigenvalue weighted by atomic mass is 9.75. The number of anilines is 1. The van der Waals surface area contributed by atoms with Crippen LogP contribution in [0.15, 0.2) is 138 Å². The Balaban J connectivity index is 1.39. The molecule has 6 rings (SSSR count). The minimum Gasteiger partial charge on any atom is -0.352 e. The molecule has 1 aliphatic rings. The molecule has 7 heteroatoms. The van der Waals surface area contributed by atoms with Crippen LogP contribution in [0.3, 0.4) is 0 Å². The Kier molecular flexibility index (Phi) is 7.77. The molecular weight excluding hydrogens is 524 g/mol. The quantitative estimate of drug-likeness (QED) is 0.268. The van der Waals surface area contributed by atoms with Crippen LogP contribution in [-0.4, -0.2) is 39.6 Å². The van der Waals surface area contributed by atoms with Crippen LogP contribution in [-0.2, 0) is 10.3 Å². The van der Waals surface area contributed by atoms with Gasteiger partial charge in [-0.1, -0.05) is 109 Å². The molecule has 2 atom stereocenters. The van der Waals surface area contributed by atoms with E-state index < -0.39 is 23.6 Å². The Morgan fingerprint density at radius 1 is 0.762 bits per heavy atom. The van der Waals surface area contributed by atoms with Gasteiger partial charge in [0.25, 0.3) is 5.91 Å². The zero-order chi connectivity index (χ0) is 28.9. The van der Waals surface area contributed by atoms with Crippen molar-refractivity contribution in [1.29, 1.82) is 0 Å². The highest BCUT2D eigenvalue weighted by Crippen LogP contribution is 2.44. The molecule has 0 spiro atoms. The number of benzene rings is 4. The number of aromatic nitrogens is 2. The molecular formula is C35H31N4O3. The normalized spacial score (nSPS) is 17.5. The van der Waals surface area contributed by atoms with Crippen molar-refractivity contribution in [2.24, 2.45) is 0 Å². The van der Waals surface area contributed by atoms with Crippen molar-refractivity contribution in [2.75, 3.05) is 18.4 Å². The van der Waals surface area contributed by atoms with Gasteiger partial charge >= 0.3 is 5.69 Å². The van der Waals surface area contributed by atoms with E-state index >= 15 is 0 Å². The molecule has 209 valence electrons. The van der Waals surface area contributed by atoms with Crippen molar-refractivity contribution in [1.82, 2.24) is 14.5 Å². The van der Waals surface area contributed by atoms with E-state index in [9.17, 15) is 9.59 Å². The van der Waals surface area contributed by atoms with Crippen molar-refractivity contribution in [3.05, 3.63) is 173 Å². The summed E-state index contributed by atoms with van der Waals surface area (Å²) in [6.45, 7) is 5.20. The number of hydrogen-bond acceptors (Lipinski definition) is 5. The van der Waals surface area contributed by atoms with E-state index in [1.165, 1.54) is 4.57 Å². The molecule has 7 nitrogen and oxygen atoms in total. The highest BCUT2D eigenvalue weighted by Gasteiger charge is 2.45. The van der Waals surface area contributed by atoms with E-state index in [1.807, 2.05) is 60.7 Å². The number of morpholine rings is 1. The van der Waals surface area contributed by atoms with Crippen LogP contribution < -0.4 is 11.0 Å². The summed E-state index contributed by atoms with van der Waals surface area (Å²) in [5.41, 5.74) is 2.57. The van der Waals surface area contributed by atoms with Gasteiger partial charge in [-0.2, -0.15) is 4.98 Å². The minimum atomic E-state index is -0.678. The molecule has 5 aromatic rings. The summed E-state index contributed by atoms with van der Waals surface area (Å²) in [6, 6.07) is 41.6. The predicted molar refractivity (Wildman–Crippen MR) is 163 cm³/mol. The summed E-state index contributed by atoms with van der Waals surface area (Å²) >= 11 is 0. The molecule has 2 unspecified atom stereocenters. The van der Waals surface area contributed by atoms with E-state index in [2.05, 4.69) is 58.5 Å². The molecule has 1 aliphatic heterocycles. The molecule has 4 aromatic carbocycles. The molecule has 42 heavy (non-hydrogen) atoms. The van der Waals surface area contributed by atoms with E-state index in [-0.39, 0.29) is 11.7 Å². The predicted octanol–water partition coefficient (Wildman–Crippen LogP) is 5.52. The lowest BCUT2D eigenvalue weighted by molar-refractivity contribution is -0.122. The molecule has 0 saturated carbocycles. The molecule has 1 aromatic heterocycles. The van der Waals surface area contributed by atoms with Crippen LogP contribution in [0.1, 0.15) is 33.3 Å². The largest absolute Gasteiger partial charge is 0.352 e. The number of carbonyl (C=O) groups is 1. The van der Waals surface area contributed by atoms with Crippen LogP contribution in [0.4, 0.5) is 5.82 Å². The van der Waals surface area contributed by atoms with Crippen LogP contribution in [0.5, 0.6) is 0 Å². The number of hydrogen-bond donors (Lipinski definition) is 1. The molecule has 1 fully saturated rings. The molecule has 0 aliphatic carbocycles. The van der Waals surface area contributed by atoms with Crippen molar-refractivity contribution in [3.8, 4) is 0 Å². The van der Waals surface area contributed by atoms with Crippen LogP contribution in [0.2, 0.25) is 0 Å². The zero-order valence-electron chi connectivity index (χ0n) is 23.0. The second-order valence-electron chi connectivity index (χ2n) is 10.2. The molecule has 1 N–H and O–H groups in total. The van der Waals surface area contributed by atoms with Gasteiger partial charge in [0.1, 0.15) is 5.82 Å². The fourth-order valence-electron chi connectivity index (χ4n) is 5.81. The van der Waals surface area contributed by atoms with Crippen molar-refractivity contribution < 1.29 is 9.53 Å². The fourth-order valence-corrected chi connectivity index (χ4v) is 5.81. The Hall–Kier alpha value is -4.85. The smallest absolute Gasteiger partial charge is 0.351 e. The van der Waals surface area contributed by atoms with E-state index in [4.69, 9.17) is 4.74 Å². The molecule has 1 radical (unpaired) electrons. The lowest BCUT2D eigenvalue weighted by Gasteiger charge is -2.50. The first-order chi connectivity index (χ1) is 20.6. The number of carbonyl (C=O) groups excluding carboxylic acids is 1. The lowest BCUT2D eigenvalue weighted by Crippen LogP contribution is -2.57. The van der Waals surface area contributed by atoms with Crippen LogP contribution >= 0.6 is 0 Å². The number of ether oxygens (including phenoxy) is 1. The summed E-state index contributed by atoms with van der Waals surface area (Å²) in [7, 11) is 0. The highest BCUT2D eigenvalue weighted by molar-refractivity contribution is 6.03. The molecule has 2 heterocycles. The van der Waals surface area contributed by atoms with Gasteiger partial charge in [0, 0.05) is 24.8 Å². The summed E-state index contributed by atoms with van der Waals surface area (Å²) in [6.07, 6.45) is 0.533. The number of nitrogens with zero attached hydrogens (tertiary/aromatic N) is 3. The molecule has 1 amide bonds. The molecule has 1 saturated heterocycles. The first-order valence-electron chi connectivity index (χ1n) is 13.9. The van der Waals surface area contributed by atoms with Crippen LogP contribution in [0.25, 0.3) is 0 Å². The van der Waals surface area contributed by atoms with Gasteiger partial charge < -0.3 is 10.1 Å². The highest BCUT2D eigenvalue weighted by atomic mass is 16.5. The third-order valence-electron chi connectivity index (χ3n) is 7.62. The first-order valence-corrected chi connectivity index (χ1v) is 13.9. The zero-order valence-corrected chi connectivity index (χ0v) is 23.0. The maximum atomic E-state index is 13.3. The van der Waals surface area contributed by atoms with E-state index in [0.29, 0.717) is 18.7 Å². The first kappa shape index (κ1) is 27.3. The van der Waals surface area contributed by atoms with Gasteiger partial charge in [-0.25, -0.2) is 4.79 Å². The van der Waals surface area contributed by atoms with Crippen LogP contribution in [0, 0.1) is 6.92 Å². The summed E-state index contributed by atoms with van der Waals surface area (Å²) in [4.78, 5) is 32.4. The standard InChI is InChI=1S/C35H31N4O3/c1-26-24-38(25-32(42-26)39-23-22-31(37-34(39)41)36-33(40)27-14-6-2-7-15-27)35(28-16-8-3-9-17-28,29-18-10-4-11-19-29)30-20-12-5-13-21-30/h2-23,26,32H,1,24-25H2,(H,36,37,40,41). The van der Waals surface area contributed by atoms with Gasteiger partial charge in [0.15, 0.2) is 6.23 Å². The average molecular weight is 556 g/mol. The summed E-state index contributed by atoms with van der Waals surface area (Å²) in [5.74, 6) is -0.160. The Morgan fingerprint density at radius 3 is 1.76 bits per heavy atom. The third kappa shape index (κ3) is 5.28. The van der Waals surface area contributed by atoms with Gasteiger partial charge in [-0.15, -0.1) is 0 Å². The van der Waals surface area contributed by atoms with Crippen molar-refractivity contribution in [2.45, 2.75) is 17.9 Å². The minimum absolute atomic E-state index is 0.177. The maximum Gasteiger partial charge on any atom is 0.351 e. The topological polar surface area (TPSA) is 76.5 Å². The Labute approximate surface area is 245 Å². The summed E-state index contributed by atoms with van der Waals surface area (Å²) < 4.78 is 7.73. The maximum absolute atomic E-state index is 13.3. The molecule has 0 bridgehead atoms. The third-order valence-corrected chi connectivity index (χ3v) is 7.62. The van der Waals surface area contributed by atoms with Gasteiger partial charge in [-0.05, 0) is 41.8 Å². The van der Waals surface area contributed by atoms with Gasteiger partial charge in [0.2, 0.25) is 0 Å². The Bertz CT molecular complexity index is 1600. The fraction of sp³-hybridized carbons (Fsp3) is 0.143.